The van der Waals surface area contributed by atoms with Crippen LogP contribution in [0.15, 0.2) is 30.3 Å². The smallest absolute Gasteiger partial charge is 0.340 e. The van der Waals surface area contributed by atoms with E-state index in [-0.39, 0.29) is 11.9 Å². The molecule has 1 aromatic carbocycles. The Hall–Kier alpha value is -2.76. The number of hydrogen-bond donors (Lipinski definition) is 1. The molecule has 0 fully saturated rings. The molecular formula is C20H24N2O4. The molecule has 1 N–H and O–H groups in total. The van der Waals surface area contributed by atoms with Crippen LogP contribution in [-0.2, 0) is 11.3 Å². The van der Waals surface area contributed by atoms with Gasteiger partial charge in [0.15, 0.2) is 0 Å². The number of carbonyl (C=O) groups excluding carboxylic acids is 1. The van der Waals surface area contributed by atoms with Crippen LogP contribution in [-0.4, -0.2) is 30.8 Å². The summed E-state index contributed by atoms with van der Waals surface area (Å²) in [5.74, 6) is 1.88. The molecule has 2 heterocycles. The Morgan fingerprint density at radius 2 is 1.96 bits per heavy atom. The third kappa shape index (κ3) is 3.31. The first-order chi connectivity index (χ1) is 12.4. The van der Waals surface area contributed by atoms with Crippen molar-refractivity contribution in [2.45, 2.75) is 38.8 Å². The molecule has 0 bridgehead atoms. The average Bonchev–Trinajstić information content (AvgIpc) is 2.64. The van der Waals surface area contributed by atoms with Gasteiger partial charge in [-0.05, 0) is 38.1 Å². The number of rotatable bonds is 5. The number of hydrogen-bond acceptors (Lipinski definition) is 6. The maximum Gasteiger partial charge on any atom is 0.340 e. The summed E-state index contributed by atoms with van der Waals surface area (Å²) in [6.07, 6.45) is 0. The van der Waals surface area contributed by atoms with E-state index in [2.05, 4.69) is 10.3 Å². The summed E-state index contributed by atoms with van der Waals surface area (Å²) in [6, 6.07) is 9.25. The van der Waals surface area contributed by atoms with Crippen LogP contribution in [0.1, 0.15) is 48.3 Å². The van der Waals surface area contributed by atoms with Crippen LogP contribution in [0.5, 0.6) is 11.5 Å². The van der Waals surface area contributed by atoms with E-state index in [4.69, 9.17) is 14.2 Å². The Bertz CT molecular complexity index is 833. The summed E-state index contributed by atoms with van der Waals surface area (Å²) >= 11 is 0. The Morgan fingerprint density at radius 3 is 2.65 bits per heavy atom. The highest BCUT2D eigenvalue weighted by atomic mass is 16.6. The topological polar surface area (TPSA) is 69.7 Å². The minimum Gasteiger partial charge on any atom is -0.497 e. The number of fused-ring (bicyclic) bond motifs is 1. The predicted molar refractivity (Wildman–Crippen MR) is 99.0 cm³/mol. The second-order valence-corrected chi connectivity index (χ2v) is 6.88. The molecule has 0 spiro atoms. The molecule has 1 unspecified atom stereocenters. The lowest BCUT2D eigenvalue weighted by molar-refractivity contribution is -0.0189. The minimum atomic E-state index is -0.574. The minimum absolute atomic E-state index is 0.00692. The van der Waals surface area contributed by atoms with Crippen molar-refractivity contribution in [1.29, 1.82) is 0 Å². The second-order valence-electron chi connectivity index (χ2n) is 6.88. The third-order valence-electron chi connectivity index (χ3n) is 4.91. The fourth-order valence-electron chi connectivity index (χ4n) is 2.97. The Kier molecular flexibility index (Phi) is 4.76. The summed E-state index contributed by atoms with van der Waals surface area (Å²) in [6.45, 7) is 6.38. The summed E-state index contributed by atoms with van der Waals surface area (Å²) in [5, 5.41) is 3.30. The van der Waals surface area contributed by atoms with Crippen LogP contribution in [0.3, 0.4) is 0 Å². The molecule has 0 saturated carbocycles. The molecule has 1 aliphatic heterocycles. The van der Waals surface area contributed by atoms with Gasteiger partial charge >= 0.3 is 5.97 Å². The van der Waals surface area contributed by atoms with Crippen LogP contribution >= 0.6 is 0 Å². The van der Waals surface area contributed by atoms with Gasteiger partial charge < -0.3 is 19.5 Å². The van der Waals surface area contributed by atoms with Crippen LogP contribution in [0.4, 0.5) is 5.82 Å². The van der Waals surface area contributed by atoms with Gasteiger partial charge in [0.25, 0.3) is 0 Å². The van der Waals surface area contributed by atoms with Gasteiger partial charge in [-0.3, -0.25) is 0 Å². The maximum absolute atomic E-state index is 12.2. The van der Waals surface area contributed by atoms with Gasteiger partial charge in [0.1, 0.15) is 22.9 Å². The van der Waals surface area contributed by atoms with Crippen LogP contribution in [0.2, 0.25) is 0 Å². The zero-order valence-corrected chi connectivity index (χ0v) is 15.8. The quantitative estimate of drug-likeness (QED) is 0.823. The molecule has 6 heteroatoms. The fraction of sp³-hybridized carbons (Fsp3) is 0.400. The summed E-state index contributed by atoms with van der Waals surface area (Å²) in [4.78, 5) is 16.8. The van der Waals surface area contributed by atoms with Gasteiger partial charge in [-0.2, -0.15) is 0 Å². The molecule has 6 nitrogen and oxygen atoms in total. The van der Waals surface area contributed by atoms with Crippen LogP contribution < -0.4 is 14.8 Å². The van der Waals surface area contributed by atoms with E-state index in [1.54, 1.807) is 26.4 Å². The second kappa shape index (κ2) is 6.86. The first-order valence-corrected chi connectivity index (χ1v) is 8.54. The molecule has 138 valence electrons. The Balaban J connectivity index is 1.82. The normalized spacial score (nSPS) is 17.9. The molecule has 2 aromatic rings. The van der Waals surface area contributed by atoms with E-state index < -0.39 is 5.60 Å². The number of anilines is 1. The molecule has 1 aromatic heterocycles. The predicted octanol–water partition coefficient (Wildman–Crippen LogP) is 3.76. The molecule has 0 radical (unpaired) electrons. The molecule has 0 aliphatic carbocycles. The Labute approximate surface area is 153 Å². The SMILES string of the molecule is COc1ccc(CNc2ccc3c(n2)C(C)C(C)(C)OC3=O)c(OC)c1. The van der Waals surface area contributed by atoms with Gasteiger partial charge in [-0.25, -0.2) is 9.78 Å². The number of nitrogens with one attached hydrogen (secondary N) is 1. The number of ether oxygens (including phenoxy) is 3. The summed E-state index contributed by atoms with van der Waals surface area (Å²) < 4.78 is 16.2. The van der Waals surface area contributed by atoms with E-state index >= 15 is 0 Å². The number of benzene rings is 1. The van der Waals surface area contributed by atoms with Crippen molar-refractivity contribution >= 4 is 11.8 Å². The summed E-state index contributed by atoms with van der Waals surface area (Å²) in [5.41, 5.74) is 1.71. The summed E-state index contributed by atoms with van der Waals surface area (Å²) in [7, 11) is 3.25. The molecule has 0 amide bonds. The molecule has 1 atom stereocenters. The van der Waals surface area contributed by atoms with Crippen LogP contribution in [0.25, 0.3) is 0 Å². The van der Waals surface area contributed by atoms with E-state index in [1.165, 1.54) is 0 Å². The molecule has 1 aliphatic rings. The largest absolute Gasteiger partial charge is 0.497 e. The number of aromatic nitrogens is 1. The van der Waals surface area contributed by atoms with Gasteiger partial charge in [0, 0.05) is 24.1 Å². The first kappa shape index (κ1) is 18.0. The van der Waals surface area contributed by atoms with E-state index in [0.29, 0.717) is 17.9 Å². The van der Waals surface area contributed by atoms with Crippen molar-refractivity contribution in [3.8, 4) is 11.5 Å². The van der Waals surface area contributed by atoms with Crippen molar-refractivity contribution in [2.75, 3.05) is 19.5 Å². The highest BCUT2D eigenvalue weighted by Gasteiger charge is 2.40. The molecular weight excluding hydrogens is 332 g/mol. The van der Waals surface area contributed by atoms with Gasteiger partial charge in [0.2, 0.25) is 0 Å². The van der Waals surface area contributed by atoms with E-state index in [0.717, 1.165) is 22.8 Å². The molecule has 26 heavy (non-hydrogen) atoms. The lowest BCUT2D eigenvalue weighted by atomic mass is 9.84. The molecule has 3 rings (SSSR count). The lowest BCUT2D eigenvalue weighted by Gasteiger charge is -2.36. The van der Waals surface area contributed by atoms with Crippen molar-refractivity contribution in [3.05, 3.63) is 47.2 Å². The third-order valence-corrected chi connectivity index (χ3v) is 4.91. The fourth-order valence-corrected chi connectivity index (χ4v) is 2.97. The number of carbonyl (C=O) groups is 1. The van der Waals surface area contributed by atoms with Crippen molar-refractivity contribution in [1.82, 2.24) is 4.98 Å². The highest BCUT2D eigenvalue weighted by molar-refractivity contribution is 5.92. The standard InChI is InChI=1S/C20H24N2O4/c1-12-18-15(19(23)26-20(12,2)3)8-9-17(22-18)21-11-13-6-7-14(24-4)10-16(13)25-5/h6-10,12H,11H2,1-5H3,(H,21,22). The monoisotopic (exact) mass is 356 g/mol. The number of nitrogens with zero attached hydrogens (tertiary/aromatic N) is 1. The zero-order valence-electron chi connectivity index (χ0n) is 15.8. The Morgan fingerprint density at radius 1 is 1.19 bits per heavy atom. The number of cyclic esters (lactones) is 1. The van der Waals surface area contributed by atoms with Gasteiger partial charge in [0.05, 0.1) is 25.5 Å². The van der Waals surface area contributed by atoms with E-state index in [9.17, 15) is 4.79 Å². The van der Waals surface area contributed by atoms with E-state index in [1.807, 2.05) is 39.0 Å². The van der Waals surface area contributed by atoms with Gasteiger partial charge in [-0.15, -0.1) is 0 Å². The maximum atomic E-state index is 12.2. The van der Waals surface area contributed by atoms with Crippen LogP contribution in [0, 0.1) is 0 Å². The molecule has 0 saturated heterocycles. The van der Waals surface area contributed by atoms with Crippen molar-refractivity contribution in [2.24, 2.45) is 0 Å². The number of esters is 1. The average molecular weight is 356 g/mol. The lowest BCUT2D eigenvalue weighted by Crippen LogP contribution is -2.39. The highest BCUT2D eigenvalue weighted by Crippen LogP contribution is 2.37. The van der Waals surface area contributed by atoms with Gasteiger partial charge in [-0.1, -0.05) is 6.92 Å². The number of methoxy groups -OCH3 is 2. The zero-order chi connectivity index (χ0) is 18.9. The first-order valence-electron chi connectivity index (χ1n) is 8.54. The van der Waals surface area contributed by atoms with Crippen molar-refractivity contribution < 1.29 is 19.0 Å². The van der Waals surface area contributed by atoms with Crippen molar-refractivity contribution in [3.63, 3.8) is 0 Å². The number of pyridine rings is 1.